The van der Waals surface area contributed by atoms with Crippen LogP contribution in [0.5, 0.6) is 11.5 Å². The molecule has 152 valence electrons. The molecule has 4 rings (SSSR count). The molecule has 0 saturated heterocycles. The van der Waals surface area contributed by atoms with E-state index < -0.39 is 18.1 Å². The Labute approximate surface area is 168 Å². The zero-order valence-electron chi connectivity index (χ0n) is 16.6. The third-order valence-electron chi connectivity index (χ3n) is 5.59. The molecule has 0 bridgehead atoms. The van der Waals surface area contributed by atoms with E-state index in [1.807, 2.05) is 19.9 Å². The van der Waals surface area contributed by atoms with Crippen LogP contribution in [-0.2, 0) is 5.41 Å². The van der Waals surface area contributed by atoms with Crippen molar-refractivity contribution >= 4 is 22.4 Å². The van der Waals surface area contributed by atoms with Crippen molar-refractivity contribution in [3.8, 4) is 11.5 Å². The van der Waals surface area contributed by atoms with Gasteiger partial charge in [-0.1, -0.05) is 13.8 Å². The number of ether oxygens (including phenoxy) is 2. The number of aliphatic hydroxyl groups is 2. The highest BCUT2D eigenvalue weighted by Gasteiger charge is 2.40. The van der Waals surface area contributed by atoms with Gasteiger partial charge in [-0.05, 0) is 35.9 Å². The maximum atomic E-state index is 13.4. The van der Waals surface area contributed by atoms with Gasteiger partial charge in [0.25, 0.3) is 0 Å². The summed E-state index contributed by atoms with van der Waals surface area (Å²) in [6.45, 7) is 3.56. The second-order valence-corrected chi connectivity index (χ2v) is 7.79. The number of fused-ring (bicyclic) bond motifs is 4. The van der Waals surface area contributed by atoms with Gasteiger partial charge in [0.2, 0.25) is 0 Å². The number of hydrogen-bond donors (Lipinski definition) is 4. The second-order valence-electron chi connectivity index (χ2n) is 7.79. The summed E-state index contributed by atoms with van der Waals surface area (Å²) >= 11 is 0. The summed E-state index contributed by atoms with van der Waals surface area (Å²) in [6.07, 6.45) is -1.02. The van der Waals surface area contributed by atoms with Crippen LogP contribution in [0.15, 0.2) is 30.3 Å². The molecule has 7 heteroatoms. The van der Waals surface area contributed by atoms with Crippen LogP contribution in [0, 0.1) is 0 Å². The Balaban J connectivity index is 1.93. The SMILES string of the molecule is COc1ccc2c(c1)C(C)(C)c1[nH]c3c(OC[C@H](O)CO)c(N)ccc3c1C2=O. The van der Waals surface area contributed by atoms with E-state index in [4.69, 9.17) is 20.3 Å². The molecule has 1 atom stereocenters. The molecule has 1 aromatic heterocycles. The lowest BCUT2D eigenvalue weighted by molar-refractivity contribution is 0.0543. The van der Waals surface area contributed by atoms with Gasteiger partial charge < -0.3 is 30.4 Å². The van der Waals surface area contributed by atoms with E-state index in [1.54, 1.807) is 31.4 Å². The van der Waals surface area contributed by atoms with Gasteiger partial charge in [0.05, 0.1) is 30.5 Å². The minimum absolute atomic E-state index is 0.0747. The number of aliphatic hydroxyl groups excluding tert-OH is 2. The van der Waals surface area contributed by atoms with Gasteiger partial charge in [-0.15, -0.1) is 0 Å². The van der Waals surface area contributed by atoms with Crippen LogP contribution in [-0.4, -0.2) is 47.4 Å². The van der Waals surface area contributed by atoms with Crippen LogP contribution in [0.2, 0.25) is 0 Å². The highest BCUT2D eigenvalue weighted by atomic mass is 16.5. The number of nitrogens with two attached hydrogens (primary N) is 1. The normalized spacial score (nSPS) is 15.7. The molecule has 2 aromatic carbocycles. The number of nitrogen functional groups attached to an aromatic ring is 1. The van der Waals surface area contributed by atoms with Crippen molar-refractivity contribution in [3.05, 3.63) is 52.7 Å². The predicted octanol–water partition coefficient (Wildman–Crippen LogP) is 2.36. The molecule has 0 unspecified atom stereocenters. The van der Waals surface area contributed by atoms with Gasteiger partial charge in [-0.2, -0.15) is 0 Å². The van der Waals surface area contributed by atoms with Crippen molar-refractivity contribution in [2.24, 2.45) is 0 Å². The largest absolute Gasteiger partial charge is 0.497 e. The highest BCUT2D eigenvalue weighted by molar-refractivity contribution is 6.21. The molecule has 0 aliphatic heterocycles. The molecule has 0 radical (unpaired) electrons. The second kappa shape index (κ2) is 6.79. The molecular weight excluding hydrogens is 372 g/mol. The Morgan fingerprint density at radius 3 is 2.69 bits per heavy atom. The lowest BCUT2D eigenvalue weighted by Crippen LogP contribution is -2.30. The minimum Gasteiger partial charge on any atom is -0.497 e. The smallest absolute Gasteiger partial charge is 0.195 e. The number of ketones is 1. The number of carbonyl (C=O) groups is 1. The van der Waals surface area contributed by atoms with Crippen molar-refractivity contribution in [1.29, 1.82) is 0 Å². The number of anilines is 1. The number of aromatic nitrogens is 1. The zero-order chi connectivity index (χ0) is 20.9. The van der Waals surface area contributed by atoms with Crippen LogP contribution in [0.3, 0.4) is 0 Å². The topological polar surface area (TPSA) is 118 Å². The first kappa shape index (κ1) is 19.3. The van der Waals surface area contributed by atoms with Gasteiger partial charge in [0.1, 0.15) is 18.5 Å². The maximum absolute atomic E-state index is 13.4. The molecule has 3 aromatic rings. The van der Waals surface area contributed by atoms with Crippen molar-refractivity contribution in [1.82, 2.24) is 4.98 Å². The molecule has 0 spiro atoms. The number of H-pyrrole nitrogens is 1. The van der Waals surface area contributed by atoms with E-state index in [1.165, 1.54) is 0 Å². The van der Waals surface area contributed by atoms with Gasteiger partial charge in [0.15, 0.2) is 11.5 Å². The molecule has 1 aliphatic rings. The van der Waals surface area contributed by atoms with Gasteiger partial charge in [0, 0.05) is 22.1 Å². The first-order valence-corrected chi connectivity index (χ1v) is 9.39. The summed E-state index contributed by atoms with van der Waals surface area (Å²) < 4.78 is 11.1. The molecule has 5 N–H and O–H groups in total. The standard InChI is InChI=1S/C22H24N2O5/c1-22(2)15-8-12(28-3)4-5-13(15)19(27)17-14-6-7-16(23)20(18(14)24-21(17)22)29-10-11(26)9-25/h4-8,11,24-26H,9-10,23H2,1-3H3/t11-/m1/s1. The average molecular weight is 396 g/mol. The highest BCUT2D eigenvalue weighted by Crippen LogP contribution is 2.46. The summed E-state index contributed by atoms with van der Waals surface area (Å²) in [4.78, 5) is 16.7. The summed E-state index contributed by atoms with van der Waals surface area (Å²) in [5.41, 5.74) is 9.49. The van der Waals surface area contributed by atoms with E-state index in [-0.39, 0.29) is 12.4 Å². The Hall–Kier alpha value is -3.03. The first-order valence-electron chi connectivity index (χ1n) is 9.39. The average Bonchev–Trinajstić information content (AvgIpc) is 3.11. The van der Waals surface area contributed by atoms with Crippen LogP contribution in [0.1, 0.15) is 41.0 Å². The maximum Gasteiger partial charge on any atom is 0.195 e. The van der Waals surface area contributed by atoms with Crippen molar-refractivity contribution < 1.29 is 24.5 Å². The quantitative estimate of drug-likeness (QED) is 0.492. The number of methoxy groups -OCH3 is 1. The van der Waals surface area contributed by atoms with Crippen LogP contribution < -0.4 is 15.2 Å². The summed E-state index contributed by atoms with van der Waals surface area (Å²) in [5.74, 6) is 0.972. The van der Waals surface area contributed by atoms with E-state index in [0.717, 1.165) is 11.3 Å². The van der Waals surface area contributed by atoms with E-state index in [0.29, 0.717) is 39.2 Å². The Bertz CT molecular complexity index is 1120. The van der Waals surface area contributed by atoms with Crippen molar-refractivity contribution in [3.63, 3.8) is 0 Å². The van der Waals surface area contributed by atoms with E-state index >= 15 is 0 Å². The van der Waals surface area contributed by atoms with Gasteiger partial charge in [-0.25, -0.2) is 0 Å². The Kier molecular flexibility index (Phi) is 4.52. The lowest BCUT2D eigenvalue weighted by atomic mass is 9.71. The predicted molar refractivity (Wildman–Crippen MR) is 110 cm³/mol. The van der Waals surface area contributed by atoms with Crippen molar-refractivity contribution in [2.45, 2.75) is 25.4 Å². The third-order valence-corrected chi connectivity index (χ3v) is 5.59. The summed E-state index contributed by atoms with van der Waals surface area (Å²) in [6, 6.07) is 8.96. The fourth-order valence-electron chi connectivity index (χ4n) is 3.98. The van der Waals surface area contributed by atoms with Crippen LogP contribution in [0.25, 0.3) is 10.9 Å². The number of aromatic amines is 1. The molecule has 0 saturated carbocycles. The molecule has 0 fully saturated rings. The number of hydrogen-bond acceptors (Lipinski definition) is 6. The minimum atomic E-state index is -1.02. The lowest BCUT2D eigenvalue weighted by Gasteiger charge is -2.32. The van der Waals surface area contributed by atoms with Crippen LogP contribution >= 0.6 is 0 Å². The monoisotopic (exact) mass is 396 g/mol. The Morgan fingerprint density at radius 2 is 2.00 bits per heavy atom. The summed E-state index contributed by atoms with van der Waals surface area (Å²) in [7, 11) is 1.60. The molecule has 0 amide bonds. The fraction of sp³-hybridized carbons (Fsp3) is 0.318. The Morgan fingerprint density at radius 1 is 1.24 bits per heavy atom. The third kappa shape index (κ3) is 2.85. The van der Waals surface area contributed by atoms with Crippen LogP contribution in [0.4, 0.5) is 5.69 Å². The molecule has 7 nitrogen and oxygen atoms in total. The van der Waals surface area contributed by atoms with E-state index in [2.05, 4.69) is 4.98 Å². The van der Waals surface area contributed by atoms with Crippen molar-refractivity contribution in [2.75, 3.05) is 26.1 Å². The van der Waals surface area contributed by atoms with E-state index in [9.17, 15) is 9.90 Å². The number of nitrogens with one attached hydrogen (secondary N) is 1. The number of carbonyl (C=O) groups excluding carboxylic acids is 1. The first-order chi connectivity index (χ1) is 13.8. The molecule has 29 heavy (non-hydrogen) atoms. The zero-order valence-corrected chi connectivity index (χ0v) is 16.6. The fourth-order valence-corrected chi connectivity index (χ4v) is 3.98. The van der Waals surface area contributed by atoms with Gasteiger partial charge in [-0.3, -0.25) is 4.79 Å². The molecule has 1 heterocycles. The number of benzene rings is 2. The summed E-state index contributed by atoms with van der Waals surface area (Å²) in [5, 5.41) is 19.4. The number of rotatable bonds is 5. The molecule has 1 aliphatic carbocycles. The molecular formula is C22H24N2O5. The van der Waals surface area contributed by atoms with Gasteiger partial charge >= 0.3 is 0 Å².